The van der Waals surface area contributed by atoms with E-state index in [2.05, 4.69) is 4.72 Å². The van der Waals surface area contributed by atoms with Gasteiger partial charge in [0.05, 0.1) is 12.0 Å². The van der Waals surface area contributed by atoms with E-state index in [4.69, 9.17) is 4.74 Å². The van der Waals surface area contributed by atoms with Crippen LogP contribution in [0.3, 0.4) is 0 Å². The molecule has 23 heavy (non-hydrogen) atoms. The van der Waals surface area contributed by atoms with E-state index in [-0.39, 0.29) is 15.5 Å². The first-order valence-corrected chi connectivity index (χ1v) is 9.98. The molecule has 0 saturated carbocycles. The molecular weight excluding hydrogens is 338 g/mol. The van der Waals surface area contributed by atoms with E-state index in [9.17, 15) is 16.8 Å². The van der Waals surface area contributed by atoms with Crippen LogP contribution in [0.15, 0.2) is 52.3 Å². The molecular formula is C15H17NO5S2. The highest BCUT2D eigenvalue weighted by molar-refractivity contribution is 7.93. The van der Waals surface area contributed by atoms with Crippen LogP contribution in [-0.4, -0.2) is 30.2 Å². The number of nitrogens with one attached hydrogen (secondary N) is 1. The first-order chi connectivity index (χ1) is 10.6. The summed E-state index contributed by atoms with van der Waals surface area (Å²) >= 11 is 0. The molecule has 0 spiro atoms. The van der Waals surface area contributed by atoms with Crippen molar-refractivity contribution in [1.82, 2.24) is 0 Å². The zero-order valence-corrected chi connectivity index (χ0v) is 14.5. The third kappa shape index (κ3) is 4.02. The summed E-state index contributed by atoms with van der Waals surface area (Å²) in [5.74, 6) is 0.0672. The van der Waals surface area contributed by atoms with Crippen LogP contribution in [0.1, 0.15) is 5.56 Å². The number of methoxy groups -OCH3 is 1. The number of anilines is 1. The number of hydrogen-bond donors (Lipinski definition) is 1. The summed E-state index contributed by atoms with van der Waals surface area (Å²) in [5.41, 5.74) is 1.28. The minimum atomic E-state index is -4.00. The van der Waals surface area contributed by atoms with Gasteiger partial charge in [0, 0.05) is 11.9 Å². The van der Waals surface area contributed by atoms with Gasteiger partial charge in [0.1, 0.15) is 10.6 Å². The average Bonchev–Trinajstić information content (AvgIpc) is 2.45. The quantitative estimate of drug-likeness (QED) is 0.888. The minimum Gasteiger partial charge on any atom is -0.495 e. The molecule has 2 rings (SSSR count). The molecule has 8 heteroatoms. The molecule has 0 amide bonds. The van der Waals surface area contributed by atoms with Crippen molar-refractivity contribution in [2.24, 2.45) is 0 Å². The maximum Gasteiger partial charge on any atom is 0.265 e. The highest BCUT2D eigenvalue weighted by Gasteiger charge is 2.22. The molecule has 0 fully saturated rings. The van der Waals surface area contributed by atoms with Crippen LogP contribution < -0.4 is 9.46 Å². The number of ether oxygens (including phenoxy) is 1. The number of sulfone groups is 1. The summed E-state index contributed by atoms with van der Waals surface area (Å²) in [6.07, 6.45) is 1.01. The number of rotatable bonds is 5. The van der Waals surface area contributed by atoms with Gasteiger partial charge in [-0.2, -0.15) is 0 Å². The Morgan fingerprint density at radius 3 is 2.26 bits per heavy atom. The van der Waals surface area contributed by atoms with E-state index in [1.807, 2.05) is 13.0 Å². The van der Waals surface area contributed by atoms with Gasteiger partial charge in [-0.25, -0.2) is 16.8 Å². The van der Waals surface area contributed by atoms with Gasteiger partial charge < -0.3 is 4.74 Å². The SMILES string of the molecule is COc1ccc(S(C)(=O)=O)cc1S(=O)(=O)Nc1cccc(C)c1. The van der Waals surface area contributed by atoms with E-state index < -0.39 is 19.9 Å². The second-order valence-corrected chi connectivity index (χ2v) is 8.73. The highest BCUT2D eigenvalue weighted by atomic mass is 32.2. The Hall–Kier alpha value is -2.06. The monoisotopic (exact) mass is 355 g/mol. The van der Waals surface area contributed by atoms with Crippen LogP contribution >= 0.6 is 0 Å². The summed E-state index contributed by atoms with van der Waals surface area (Å²) in [4.78, 5) is -0.327. The Morgan fingerprint density at radius 1 is 1.00 bits per heavy atom. The van der Waals surface area contributed by atoms with Gasteiger partial charge in [0.2, 0.25) is 0 Å². The van der Waals surface area contributed by atoms with Crippen molar-refractivity contribution < 1.29 is 21.6 Å². The van der Waals surface area contributed by atoms with Crippen molar-refractivity contribution in [3.8, 4) is 5.75 Å². The summed E-state index contributed by atoms with van der Waals surface area (Å²) in [6, 6.07) is 10.6. The Labute approximate surface area is 136 Å². The topological polar surface area (TPSA) is 89.5 Å². The molecule has 0 heterocycles. The van der Waals surface area contributed by atoms with Gasteiger partial charge in [0.15, 0.2) is 9.84 Å². The Morgan fingerprint density at radius 2 is 1.70 bits per heavy atom. The number of aryl methyl sites for hydroxylation is 1. The van der Waals surface area contributed by atoms with Crippen molar-refractivity contribution in [3.63, 3.8) is 0 Å². The summed E-state index contributed by atoms with van der Waals surface area (Å²) in [6.45, 7) is 1.84. The van der Waals surface area contributed by atoms with Crippen molar-refractivity contribution in [2.45, 2.75) is 16.7 Å². The lowest BCUT2D eigenvalue weighted by atomic mass is 10.2. The van der Waals surface area contributed by atoms with Gasteiger partial charge >= 0.3 is 0 Å². The fourth-order valence-electron chi connectivity index (χ4n) is 2.02. The van der Waals surface area contributed by atoms with Crippen molar-refractivity contribution in [1.29, 1.82) is 0 Å². The molecule has 6 nitrogen and oxygen atoms in total. The minimum absolute atomic E-state index is 0.0672. The van der Waals surface area contributed by atoms with Crippen molar-refractivity contribution in [2.75, 3.05) is 18.1 Å². The van der Waals surface area contributed by atoms with E-state index >= 15 is 0 Å². The molecule has 2 aromatic carbocycles. The molecule has 2 aromatic rings. The molecule has 0 saturated heterocycles. The molecule has 1 N–H and O–H groups in total. The lowest BCUT2D eigenvalue weighted by molar-refractivity contribution is 0.402. The normalized spacial score (nSPS) is 12.0. The molecule has 0 unspecified atom stereocenters. The zero-order chi connectivity index (χ0) is 17.3. The van der Waals surface area contributed by atoms with Crippen molar-refractivity contribution in [3.05, 3.63) is 48.0 Å². The van der Waals surface area contributed by atoms with E-state index in [1.165, 1.54) is 19.2 Å². The van der Waals surface area contributed by atoms with Crippen molar-refractivity contribution >= 4 is 25.5 Å². The molecule has 0 radical (unpaired) electrons. The fraction of sp³-hybridized carbons (Fsp3) is 0.200. The van der Waals surface area contributed by atoms with Crippen LogP contribution in [0.2, 0.25) is 0 Å². The number of hydrogen-bond acceptors (Lipinski definition) is 5. The van der Waals surface area contributed by atoms with Gasteiger partial charge in [-0.3, -0.25) is 4.72 Å². The Balaban J connectivity index is 2.54. The molecule has 0 aliphatic carbocycles. The average molecular weight is 355 g/mol. The smallest absolute Gasteiger partial charge is 0.265 e. The molecule has 0 atom stereocenters. The Kier molecular flexibility index (Phi) is 4.67. The van der Waals surface area contributed by atoms with Gasteiger partial charge in [-0.1, -0.05) is 12.1 Å². The summed E-state index contributed by atoms with van der Waals surface area (Å²) < 4.78 is 56.0. The molecule has 0 aliphatic rings. The first-order valence-electron chi connectivity index (χ1n) is 6.61. The standard InChI is InChI=1S/C15H17NO5S2/c1-11-5-4-6-12(9-11)16-23(19,20)15-10-13(22(3,17)18)7-8-14(15)21-2/h4-10,16H,1-3H3. The predicted octanol–water partition coefficient (Wildman–Crippen LogP) is 2.21. The molecule has 0 aliphatic heterocycles. The summed E-state index contributed by atoms with van der Waals surface area (Å²) in [5, 5.41) is 0. The predicted molar refractivity (Wildman–Crippen MR) is 88.1 cm³/mol. The van der Waals surface area contributed by atoms with Gasteiger partial charge in [0.25, 0.3) is 10.0 Å². The van der Waals surface area contributed by atoms with Crippen LogP contribution in [0.4, 0.5) is 5.69 Å². The van der Waals surface area contributed by atoms with E-state index in [0.29, 0.717) is 5.69 Å². The first kappa shape index (κ1) is 17.3. The third-order valence-corrected chi connectivity index (χ3v) is 5.64. The molecule has 0 aromatic heterocycles. The largest absolute Gasteiger partial charge is 0.495 e. The lowest BCUT2D eigenvalue weighted by Gasteiger charge is -2.13. The second kappa shape index (κ2) is 6.21. The van der Waals surface area contributed by atoms with Crippen LogP contribution in [0.25, 0.3) is 0 Å². The fourth-order valence-corrected chi connectivity index (χ4v) is 3.98. The Bertz CT molecular complexity index is 934. The van der Waals surface area contributed by atoms with E-state index in [1.54, 1.807) is 18.2 Å². The van der Waals surface area contributed by atoms with Crippen LogP contribution in [0, 0.1) is 6.92 Å². The second-order valence-electron chi connectivity index (χ2n) is 5.06. The molecule has 0 bridgehead atoms. The molecule has 124 valence electrons. The van der Waals surface area contributed by atoms with Gasteiger partial charge in [-0.05, 0) is 42.8 Å². The third-order valence-electron chi connectivity index (χ3n) is 3.12. The number of benzene rings is 2. The highest BCUT2D eigenvalue weighted by Crippen LogP contribution is 2.28. The number of sulfonamides is 1. The summed E-state index contributed by atoms with van der Waals surface area (Å²) in [7, 11) is -6.21. The van der Waals surface area contributed by atoms with Crippen LogP contribution in [0.5, 0.6) is 5.75 Å². The van der Waals surface area contributed by atoms with Gasteiger partial charge in [-0.15, -0.1) is 0 Å². The maximum atomic E-state index is 12.6. The van der Waals surface area contributed by atoms with E-state index in [0.717, 1.165) is 17.9 Å². The lowest BCUT2D eigenvalue weighted by Crippen LogP contribution is -2.15. The zero-order valence-electron chi connectivity index (χ0n) is 12.9. The maximum absolute atomic E-state index is 12.6. The van der Waals surface area contributed by atoms with Crippen LogP contribution in [-0.2, 0) is 19.9 Å².